The smallest absolute Gasteiger partial charge is 0.255 e. The van der Waals surface area contributed by atoms with Crippen molar-refractivity contribution in [2.24, 2.45) is 0 Å². The van der Waals surface area contributed by atoms with Crippen LogP contribution in [0.3, 0.4) is 0 Å². The summed E-state index contributed by atoms with van der Waals surface area (Å²) in [6.07, 6.45) is 0. The molecule has 3 N–H and O–H groups in total. The van der Waals surface area contributed by atoms with Gasteiger partial charge in [-0.15, -0.1) is 0 Å². The summed E-state index contributed by atoms with van der Waals surface area (Å²) in [6, 6.07) is 2.56. The van der Waals surface area contributed by atoms with Gasteiger partial charge in [0.05, 0.1) is 5.56 Å². The van der Waals surface area contributed by atoms with Crippen LogP contribution in [0.1, 0.15) is 15.9 Å². The summed E-state index contributed by atoms with van der Waals surface area (Å²) in [7, 11) is 1.48. The molecule has 1 aromatic rings. The first-order chi connectivity index (χ1) is 6.06. The van der Waals surface area contributed by atoms with E-state index in [4.69, 9.17) is 5.11 Å². The van der Waals surface area contributed by atoms with Crippen LogP contribution in [0.4, 0.5) is 0 Å². The van der Waals surface area contributed by atoms with Crippen LogP contribution >= 0.6 is 0 Å². The Morgan fingerprint density at radius 1 is 1.38 bits per heavy atom. The van der Waals surface area contributed by atoms with Crippen LogP contribution < -0.4 is 5.32 Å². The van der Waals surface area contributed by atoms with Crippen molar-refractivity contribution in [3.63, 3.8) is 0 Å². The molecule has 0 saturated carbocycles. The molecule has 0 aliphatic rings. The van der Waals surface area contributed by atoms with Crippen molar-refractivity contribution in [1.82, 2.24) is 5.32 Å². The zero-order valence-electron chi connectivity index (χ0n) is 7.46. The lowest BCUT2D eigenvalue weighted by Crippen LogP contribution is -2.19. The minimum atomic E-state index is -0.366. The van der Waals surface area contributed by atoms with Crippen LogP contribution in [0.2, 0.25) is 0 Å². The number of hydrogen-bond acceptors (Lipinski definition) is 3. The van der Waals surface area contributed by atoms with Gasteiger partial charge in [-0.2, -0.15) is 0 Å². The Morgan fingerprint density at radius 2 is 2.00 bits per heavy atom. The molecule has 0 aliphatic heterocycles. The number of phenols is 2. The highest BCUT2D eigenvalue weighted by atomic mass is 16.3. The highest BCUT2D eigenvalue weighted by Gasteiger charge is 2.13. The number of aromatic hydroxyl groups is 2. The van der Waals surface area contributed by atoms with E-state index in [1.165, 1.54) is 13.1 Å². The van der Waals surface area contributed by atoms with Gasteiger partial charge in [0.1, 0.15) is 11.5 Å². The molecule has 13 heavy (non-hydrogen) atoms. The molecule has 0 heterocycles. The predicted molar refractivity (Wildman–Crippen MR) is 47.9 cm³/mol. The summed E-state index contributed by atoms with van der Waals surface area (Å²) in [4.78, 5) is 11.2. The second kappa shape index (κ2) is 3.35. The molecule has 4 heteroatoms. The summed E-state index contributed by atoms with van der Waals surface area (Å²) in [5, 5.41) is 20.8. The second-order valence-corrected chi connectivity index (χ2v) is 2.74. The fourth-order valence-electron chi connectivity index (χ4n) is 1.17. The molecule has 0 unspecified atom stereocenters. The van der Waals surface area contributed by atoms with Crippen LogP contribution in [0.5, 0.6) is 11.5 Å². The molecule has 0 spiro atoms. The lowest BCUT2D eigenvalue weighted by molar-refractivity contribution is 0.0960. The van der Waals surface area contributed by atoms with Crippen LogP contribution in [0, 0.1) is 6.92 Å². The Bertz CT molecular complexity index is 324. The van der Waals surface area contributed by atoms with Crippen LogP contribution in [0.25, 0.3) is 0 Å². The van der Waals surface area contributed by atoms with E-state index in [9.17, 15) is 9.90 Å². The summed E-state index contributed by atoms with van der Waals surface area (Å²) in [5.74, 6) is -0.630. The number of rotatable bonds is 1. The molecule has 0 fully saturated rings. The number of carbonyl (C=O) groups is 1. The van der Waals surface area contributed by atoms with Gasteiger partial charge in [-0.3, -0.25) is 4.79 Å². The summed E-state index contributed by atoms with van der Waals surface area (Å²) in [5.41, 5.74) is 0.733. The number of amides is 1. The monoisotopic (exact) mass is 181 g/mol. The van der Waals surface area contributed by atoms with Gasteiger partial charge < -0.3 is 15.5 Å². The number of benzene rings is 1. The van der Waals surface area contributed by atoms with Gasteiger partial charge in [0, 0.05) is 13.1 Å². The molecule has 70 valence electrons. The number of phenolic OH excluding ortho intramolecular Hbond substituents is 2. The number of carbonyl (C=O) groups excluding carboxylic acids is 1. The van der Waals surface area contributed by atoms with Gasteiger partial charge >= 0.3 is 0 Å². The molecule has 0 atom stereocenters. The maximum absolute atomic E-state index is 11.2. The van der Waals surface area contributed by atoms with Crippen molar-refractivity contribution >= 4 is 5.91 Å². The molecule has 0 bridgehead atoms. The minimum Gasteiger partial charge on any atom is -0.508 e. The number of hydrogen-bond donors (Lipinski definition) is 3. The third kappa shape index (κ3) is 1.72. The Kier molecular flexibility index (Phi) is 2.41. The second-order valence-electron chi connectivity index (χ2n) is 2.74. The van der Waals surface area contributed by atoms with Gasteiger partial charge in [0.15, 0.2) is 0 Å². The van der Waals surface area contributed by atoms with Gasteiger partial charge in [-0.1, -0.05) is 0 Å². The van der Waals surface area contributed by atoms with E-state index < -0.39 is 0 Å². The molecule has 0 aliphatic carbocycles. The maximum Gasteiger partial charge on any atom is 0.255 e. The van der Waals surface area contributed by atoms with Gasteiger partial charge in [0.25, 0.3) is 5.91 Å². The first kappa shape index (κ1) is 9.38. The van der Waals surface area contributed by atoms with Gasteiger partial charge in [0.2, 0.25) is 0 Å². The maximum atomic E-state index is 11.2. The van der Waals surface area contributed by atoms with E-state index in [1.807, 2.05) is 0 Å². The molecule has 4 nitrogen and oxygen atoms in total. The normalized spacial score (nSPS) is 9.69. The van der Waals surface area contributed by atoms with Crippen molar-refractivity contribution < 1.29 is 15.0 Å². The molecule has 0 aromatic heterocycles. The Morgan fingerprint density at radius 3 is 2.46 bits per heavy atom. The van der Waals surface area contributed by atoms with Crippen molar-refractivity contribution in [3.8, 4) is 11.5 Å². The first-order valence-corrected chi connectivity index (χ1v) is 3.81. The molecule has 1 aromatic carbocycles. The zero-order valence-corrected chi connectivity index (χ0v) is 7.46. The predicted octanol–water partition coefficient (Wildman–Crippen LogP) is 0.766. The fourth-order valence-corrected chi connectivity index (χ4v) is 1.17. The Labute approximate surface area is 75.8 Å². The van der Waals surface area contributed by atoms with E-state index in [0.29, 0.717) is 5.56 Å². The highest BCUT2D eigenvalue weighted by molar-refractivity contribution is 5.98. The quantitative estimate of drug-likeness (QED) is 0.599. The average Bonchev–Trinajstić information content (AvgIpc) is 2.02. The van der Waals surface area contributed by atoms with E-state index in [0.717, 1.165) is 6.07 Å². The van der Waals surface area contributed by atoms with Gasteiger partial charge in [-0.25, -0.2) is 0 Å². The Balaban J connectivity index is 3.28. The molecule has 0 radical (unpaired) electrons. The lowest BCUT2D eigenvalue weighted by Gasteiger charge is -2.07. The topological polar surface area (TPSA) is 69.6 Å². The zero-order chi connectivity index (χ0) is 10.0. The first-order valence-electron chi connectivity index (χ1n) is 3.81. The lowest BCUT2D eigenvalue weighted by atomic mass is 10.1. The Hall–Kier alpha value is -1.71. The SMILES string of the molecule is CNC(=O)c1c(C)cc(O)cc1O. The summed E-state index contributed by atoms with van der Waals surface area (Å²) >= 11 is 0. The van der Waals surface area contributed by atoms with E-state index in [1.54, 1.807) is 6.92 Å². The summed E-state index contributed by atoms with van der Waals surface area (Å²) in [6.45, 7) is 1.64. The van der Waals surface area contributed by atoms with Crippen molar-refractivity contribution in [3.05, 3.63) is 23.3 Å². The van der Waals surface area contributed by atoms with Gasteiger partial charge in [-0.05, 0) is 18.6 Å². The largest absolute Gasteiger partial charge is 0.508 e. The van der Waals surface area contributed by atoms with Crippen LogP contribution in [-0.4, -0.2) is 23.2 Å². The van der Waals surface area contributed by atoms with Crippen molar-refractivity contribution in [2.75, 3.05) is 7.05 Å². The fraction of sp³-hybridized carbons (Fsp3) is 0.222. The summed E-state index contributed by atoms with van der Waals surface area (Å²) < 4.78 is 0. The standard InChI is InChI=1S/C9H11NO3/c1-5-3-6(11)4-7(12)8(5)9(13)10-2/h3-4,11-12H,1-2H3,(H,10,13). The number of aryl methyl sites for hydroxylation is 1. The molecular weight excluding hydrogens is 170 g/mol. The minimum absolute atomic E-state index is 0.0531. The third-order valence-corrected chi connectivity index (χ3v) is 1.75. The molecule has 0 saturated heterocycles. The van der Waals surface area contributed by atoms with E-state index in [2.05, 4.69) is 5.32 Å². The van der Waals surface area contributed by atoms with Crippen LogP contribution in [-0.2, 0) is 0 Å². The van der Waals surface area contributed by atoms with E-state index >= 15 is 0 Å². The molecular formula is C9H11NO3. The third-order valence-electron chi connectivity index (χ3n) is 1.75. The molecule has 1 rings (SSSR count). The van der Waals surface area contributed by atoms with Crippen LogP contribution in [0.15, 0.2) is 12.1 Å². The van der Waals surface area contributed by atoms with E-state index in [-0.39, 0.29) is 23.0 Å². The average molecular weight is 181 g/mol. The van der Waals surface area contributed by atoms with Crippen molar-refractivity contribution in [2.45, 2.75) is 6.92 Å². The molecule has 1 amide bonds. The number of nitrogens with one attached hydrogen (secondary N) is 1. The highest BCUT2D eigenvalue weighted by Crippen LogP contribution is 2.26. The van der Waals surface area contributed by atoms with Crippen molar-refractivity contribution in [1.29, 1.82) is 0 Å².